The summed E-state index contributed by atoms with van der Waals surface area (Å²) in [6.07, 6.45) is 5.58. The van der Waals surface area contributed by atoms with Crippen LogP contribution in [0.2, 0.25) is 0 Å². The molecule has 0 bridgehead atoms. The smallest absolute Gasteiger partial charge is 0.229 e. The molecule has 0 radical (unpaired) electrons. The van der Waals surface area contributed by atoms with Gasteiger partial charge in [0.25, 0.3) is 0 Å². The Kier molecular flexibility index (Phi) is 4.94. The summed E-state index contributed by atoms with van der Waals surface area (Å²) in [6, 6.07) is 6.45. The van der Waals surface area contributed by atoms with Gasteiger partial charge in [-0.1, -0.05) is 6.07 Å². The normalized spacial score (nSPS) is 16.6. The first kappa shape index (κ1) is 17.7. The topological polar surface area (TPSA) is 96.2 Å². The van der Waals surface area contributed by atoms with Crippen molar-refractivity contribution in [1.29, 1.82) is 0 Å². The summed E-state index contributed by atoms with van der Waals surface area (Å²) in [5.74, 6) is 1.57. The Morgan fingerprint density at radius 3 is 2.96 bits per heavy atom. The summed E-state index contributed by atoms with van der Waals surface area (Å²) >= 11 is 0. The average molecular weight is 366 g/mol. The fourth-order valence-electron chi connectivity index (χ4n) is 3.49. The van der Waals surface area contributed by atoms with Crippen molar-refractivity contribution in [1.82, 2.24) is 14.9 Å². The second-order valence-electron chi connectivity index (χ2n) is 7.51. The Labute approximate surface area is 159 Å². The number of anilines is 3. The van der Waals surface area contributed by atoms with Crippen molar-refractivity contribution < 1.29 is 4.79 Å². The molecule has 1 fully saturated rings. The van der Waals surface area contributed by atoms with Crippen molar-refractivity contribution in [3.05, 3.63) is 41.1 Å². The Balaban J connectivity index is 1.51. The van der Waals surface area contributed by atoms with Crippen LogP contribution in [0.4, 0.5) is 17.5 Å². The predicted molar refractivity (Wildman–Crippen MR) is 106 cm³/mol. The first-order chi connectivity index (χ1) is 13.1. The fourth-order valence-corrected chi connectivity index (χ4v) is 3.49. The summed E-state index contributed by atoms with van der Waals surface area (Å²) in [5.41, 5.74) is 10.1. The molecule has 142 valence electrons. The molecular weight excluding hydrogens is 340 g/mol. The van der Waals surface area contributed by atoms with Gasteiger partial charge in [-0.05, 0) is 55.5 Å². The van der Waals surface area contributed by atoms with E-state index in [2.05, 4.69) is 50.7 Å². The van der Waals surface area contributed by atoms with Crippen LogP contribution in [0.1, 0.15) is 41.9 Å². The number of nitrogens with two attached hydrogens (primary N) is 1. The highest BCUT2D eigenvalue weighted by molar-refractivity contribution is 5.74. The summed E-state index contributed by atoms with van der Waals surface area (Å²) in [5, 5.41) is 6.57. The van der Waals surface area contributed by atoms with E-state index in [1.165, 1.54) is 24.0 Å². The molecule has 0 unspecified atom stereocenters. The number of aromatic nitrogens is 2. The van der Waals surface area contributed by atoms with E-state index in [4.69, 9.17) is 5.73 Å². The van der Waals surface area contributed by atoms with Gasteiger partial charge >= 0.3 is 0 Å². The van der Waals surface area contributed by atoms with Crippen LogP contribution in [0, 0.1) is 0 Å². The zero-order valence-corrected chi connectivity index (χ0v) is 15.7. The molecule has 1 aromatic carbocycles. The first-order valence-electron chi connectivity index (χ1n) is 9.55. The van der Waals surface area contributed by atoms with Gasteiger partial charge in [-0.3, -0.25) is 4.79 Å². The number of carbonyl (C=O) groups excluding carboxylic acids is 1. The van der Waals surface area contributed by atoms with Crippen molar-refractivity contribution in [3.8, 4) is 0 Å². The zero-order valence-electron chi connectivity index (χ0n) is 15.7. The molecular formula is C20H26N6O. The van der Waals surface area contributed by atoms with Gasteiger partial charge in [-0.2, -0.15) is 4.98 Å². The van der Waals surface area contributed by atoms with E-state index >= 15 is 0 Å². The summed E-state index contributed by atoms with van der Waals surface area (Å²) in [4.78, 5) is 22.5. The Morgan fingerprint density at radius 2 is 2.19 bits per heavy atom. The molecule has 2 heterocycles. The first-order valence-corrected chi connectivity index (χ1v) is 9.55. The van der Waals surface area contributed by atoms with Crippen LogP contribution in [0.3, 0.4) is 0 Å². The zero-order chi connectivity index (χ0) is 18.8. The van der Waals surface area contributed by atoms with Crippen LogP contribution in [-0.2, 0) is 17.8 Å². The van der Waals surface area contributed by atoms with Crippen LogP contribution in [0.15, 0.2) is 24.4 Å². The van der Waals surface area contributed by atoms with Crippen LogP contribution < -0.4 is 16.4 Å². The molecule has 27 heavy (non-hydrogen) atoms. The van der Waals surface area contributed by atoms with E-state index in [9.17, 15) is 4.79 Å². The number of rotatable bonds is 7. The van der Waals surface area contributed by atoms with E-state index in [0.717, 1.165) is 36.6 Å². The van der Waals surface area contributed by atoms with Gasteiger partial charge in [0.1, 0.15) is 5.82 Å². The minimum absolute atomic E-state index is 0.288. The maximum Gasteiger partial charge on any atom is 0.229 e. The van der Waals surface area contributed by atoms with E-state index in [1.54, 1.807) is 0 Å². The third-order valence-electron chi connectivity index (χ3n) is 5.16. The van der Waals surface area contributed by atoms with Gasteiger partial charge in [0.05, 0.1) is 0 Å². The predicted octanol–water partition coefficient (Wildman–Crippen LogP) is 2.37. The number of nitrogens with zero attached hydrogens (tertiary/aromatic N) is 3. The SMILES string of the molecule is CN1CCc2cc(Nc3ncc(C4CC4)c(NCCC(N)=O)n3)ccc2C1. The monoisotopic (exact) mass is 366 g/mol. The van der Waals surface area contributed by atoms with E-state index < -0.39 is 0 Å². The molecule has 7 heteroatoms. The number of amides is 1. The van der Waals surface area contributed by atoms with Gasteiger partial charge < -0.3 is 21.3 Å². The molecule has 7 nitrogen and oxygen atoms in total. The molecule has 1 amide bonds. The lowest BCUT2D eigenvalue weighted by molar-refractivity contribution is -0.117. The van der Waals surface area contributed by atoms with Crippen molar-refractivity contribution in [2.75, 3.05) is 30.8 Å². The summed E-state index contributed by atoms with van der Waals surface area (Å²) in [7, 11) is 2.15. The molecule has 1 aliphatic heterocycles. The molecule has 1 aliphatic carbocycles. The molecule has 0 saturated heterocycles. The fraction of sp³-hybridized carbons (Fsp3) is 0.450. The standard InChI is InChI=1S/C20H26N6O/c1-26-9-7-14-10-16(5-4-15(14)12-26)24-20-23-11-17(13-2-3-13)19(25-20)22-8-6-18(21)27/h4-5,10-11,13H,2-3,6-9,12H2,1H3,(H2,21,27)(H2,22,23,24,25). The van der Waals surface area contributed by atoms with Crippen molar-refractivity contribution in [3.63, 3.8) is 0 Å². The second kappa shape index (κ2) is 7.52. The highest BCUT2D eigenvalue weighted by Gasteiger charge is 2.27. The lowest BCUT2D eigenvalue weighted by Gasteiger charge is -2.25. The van der Waals surface area contributed by atoms with Crippen LogP contribution >= 0.6 is 0 Å². The number of fused-ring (bicyclic) bond motifs is 1. The molecule has 4 rings (SSSR count). The number of nitrogens with one attached hydrogen (secondary N) is 2. The molecule has 2 aromatic rings. The average Bonchev–Trinajstić information content (AvgIpc) is 3.47. The third kappa shape index (κ3) is 4.36. The highest BCUT2D eigenvalue weighted by Crippen LogP contribution is 2.42. The third-order valence-corrected chi connectivity index (χ3v) is 5.16. The Bertz CT molecular complexity index is 848. The molecule has 1 saturated carbocycles. The number of carbonyl (C=O) groups is 1. The number of benzene rings is 1. The second-order valence-corrected chi connectivity index (χ2v) is 7.51. The lowest BCUT2D eigenvalue weighted by Crippen LogP contribution is -2.26. The van der Waals surface area contributed by atoms with Crippen molar-refractivity contribution in [2.45, 2.75) is 38.1 Å². The van der Waals surface area contributed by atoms with Crippen molar-refractivity contribution in [2.24, 2.45) is 5.73 Å². The molecule has 0 spiro atoms. The molecule has 0 atom stereocenters. The van der Waals surface area contributed by atoms with Gasteiger partial charge in [0, 0.05) is 43.5 Å². The molecule has 2 aliphatic rings. The maximum absolute atomic E-state index is 11.0. The molecule has 1 aromatic heterocycles. The van der Waals surface area contributed by atoms with E-state index in [1.807, 2.05) is 6.20 Å². The highest BCUT2D eigenvalue weighted by atomic mass is 16.1. The van der Waals surface area contributed by atoms with Gasteiger partial charge in [-0.15, -0.1) is 0 Å². The lowest BCUT2D eigenvalue weighted by atomic mass is 9.99. The van der Waals surface area contributed by atoms with Crippen LogP contribution in [0.5, 0.6) is 0 Å². The van der Waals surface area contributed by atoms with E-state index in [0.29, 0.717) is 18.4 Å². The summed E-state index contributed by atoms with van der Waals surface area (Å²) in [6.45, 7) is 2.56. The van der Waals surface area contributed by atoms with Crippen LogP contribution in [0.25, 0.3) is 0 Å². The minimum Gasteiger partial charge on any atom is -0.370 e. The molecule has 4 N–H and O–H groups in total. The van der Waals surface area contributed by atoms with Gasteiger partial charge in [0.2, 0.25) is 11.9 Å². The largest absolute Gasteiger partial charge is 0.370 e. The summed E-state index contributed by atoms with van der Waals surface area (Å²) < 4.78 is 0. The Hall–Kier alpha value is -2.67. The van der Waals surface area contributed by atoms with Crippen LogP contribution in [-0.4, -0.2) is 40.9 Å². The Morgan fingerprint density at radius 1 is 1.33 bits per heavy atom. The number of primary amides is 1. The van der Waals surface area contributed by atoms with E-state index in [-0.39, 0.29) is 12.3 Å². The maximum atomic E-state index is 11.0. The van der Waals surface area contributed by atoms with Gasteiger partial charge in [0.15, 0.2) is 0 Å². The number of likely N-dealkylation sites (N-methyl/N-ethyl adjacent to an activating group) is 1. The van der Waals surface area contributed by atoms with Gasteiger partial charge in [-0.25, -0.2) is 4.98 Å². The minimum atomic E-state index is -0.317. The quantitative estimate of drug-likeness (QED) is 0.696. The number of hydrogen-bond acceptors (Lipinski definition) is 6. The van der Waals surface area contributed by atoms with Crippen molar-refractivity contribution >= 4 is 23.4 Å². The number of hydrogen-bond donors (Lipinski definition) is 3.